The Bertz CT molecular complexity index is 1110. The van der Waals surface area contributed by atoms with Crippen LogP contribution in [0.25, 0.3) is 11.0 Å². The zero-order chi connectivity index (χ0) is 21.1. The Morgan fingerprint density at radius 2 is 1.87 bits per heavy atom. The van der Waals surface area contributed by atoms with E-state index in [2.05, 4.69) is 10.3 Å². The minimum Gasteiger partial charge on any atom is -0.378 e. The third kappa shape index (κ3) is 4.17. The van der Waals surface area contributed by atoms with Crippen molar-refractivity contribution in [2.45, 2.75) is 19.5 Å². The highest BCUT2D eigenvalue weighted by Crippen LogP contribution is 2.19. The van der Waals surface area contributed by atoms with Crippen molar-refractivity contribution < 1.29 is 9.53 Å². The number of para-hydroxylation sites is 2. The molecule has 1 aliphatic heterocycles. The number of ether oxygens (including phenoxy) is 1. The van der Waals surface area contributed by atoms with E-state index in [-0.39, 0.29) is 11.5 Å². The van der Waals surface area contributed by atoms with Gasteiger partial charge >= 0.3 is 0 Å². The number of carbonyl (C=O) groups excluding carboxylic acids is 1. The highest BCUT2D eigenvalue weighted by molar-refractivity contribution is 6.30. The third-order valence-electron chi connectivity index (χ3n) is 5.24. The summed E-state index contributed by atoms with van der Waals surface area (Å²) in [6.45, 7) is 4.37. The molecule has 0 radical (unpaired) electrons. The Morgan fingerprint density at radius 3 is 2.60 bits per heavy atom. The monoisotopic (exact) mass is 426 g/mol. The number of amides is 1. The van der Waals surface area contributed by atoms with Gasteiger partial charge in [0.15, 0.2) is 5.82 Å². The minimum absolute atomic E-state index is 0.240. The lowest BCUT2D eigenvalue weighted by Crippen LogP contribution is -2.43. The standard InChI is InChI=1S/C22H23ClN4O3/c1-15(21(28)24-14-16-6-8-17(23)9-7-16)27-19-5-3-2-4-18(19)25-20(22(27)29)26-10-12-30-13-11-26/h2-9,15H,10-14H2,1H3,(H,24,28). The van der Waals surface area contributed by atoms with Gasteiger partial charge in [-0.25, -0.2) is 4.98 Å². The number of nitrogens with zero attached hydrogens (tertiary/aromatic N) is 3. The van der Waals surface area contributed by atoms with E-state index in [1.807, 2.05) is 41.3 Å². The molecule has 2 heterocycles. The van der Waals surface area contributed by atoms with Crippen LogP contribution < -0.4 is 15.8 Å². The Balaban J connectivity index is 1.65. The van der Waals surface area contributed by atoms with Crippen molar-refractivity contribution in [2.24, 2.45) is 0 Å². The summed E-state index contributed by atoms with van der Waals surface area (Å²) < 4.78 is 6.93. The largest absolute Gasteiger partial charge is 0.378 e. The molecular weight excluding hydrogens is 404 g/mol. The number of hydrogen-bond acceptors (Lipinski definition) is 5. The van der Waals surface area contributed by atoms with Crippen LogP contribution in [0.5, 0.6) is 0 Å². The Hall–Kier alpha value is -2.90. The SMILES string of the molecule is CC(C(=O)NCc1ccc(Cl)cc1)n1c(=O)c(N2CCOCC2)nc2ccccc21. The molecule has 1 saturated heterocycles. The summed E-state index contributed by atoms with van der Waals surface area (Å²) in [6, 6.07) is 14.0. The smallest absolute Gasteiger partial charge is 0.294 e. The molecule has 4 rings (SSSR count). The van der Waals surface area contributed by atoms with Gasteiger partial charge in [-0.05, 0) is 36.8 Å². The van der Waals surface area contributed by atoms with Crippen molar-refractivity contribution in [2.75, 3.05) is 31.2 Å². The van der Waals surface area contributed by atoms with Crippen molar-refractivity contribution >= 4 is 34.4 Å². The number of aromatic nitrogens is 2. The fourth-order valence-corrected chi connectivity index (χ4v) is 3.69. The molecule has 7 nitrogen and oxygen atoms in total. The van der Waals surface area contributed by atoms with Crippen molar-refractivity contribution in [3.8, 4) is 0 Å². The van der Waals surface area contributed by atoms with Crippen LogP contribution in [0.3, 0.4) is 0 Å². The van der Waals surface area contributed by atoms with E-state index in [1.165, 1.54) is 4.57 Å². The second-order valence-electron chi connectivity index (χ2n) is 7.22. The molecule has 1 N–H and O–H groups in total. The number of anilines is 1. The molecule has 0 aliphatic carbocycles. The van der Waals surface area contributed by atoms with Crippen LogP contribution in [-0.2, 0) is 16.1 Å². The van der Waals surface area contributed by atoms with Crippen molar-refractivity contribution in [1.29, 1.82) is 0 Å². The fourth-order valence-electron chi connectivity index (χ4n) is 3.56. The summed E-state index contributed by atoms with van der Waals surface area (Å²) >= 11 is 5.91. The summed E-state index contributed by atoms with van der Waals surface area (Å²) in [5.74, 6) is 0.116. The Labute approximate surface area is 179 Å². The van der Waals surface area contributed by atoms with Gasteiger partial charge in [0.1, 0.15) is 6.04 Å². The second-order valence-corrected chi connectivity index (χ2v) is 7.66. The molecule has 1 atom stereocenters. The van der Waals surface area contributed by atoms with Gasteiger partial charge in [0.2, 0.25) is 5.91 Å². The number of fused-ring (bicyclic) bond motifs is 1. The topological polar surface area (TPSA) is 76.5 Å². The number of hydrogen-bond donors (Lipinski definition) is 1. The number of morpholine rings is 1. The molecule has 1 unspecified atom stereocenters. The molecule has 156 valence electrons. The lowest BCUT2D eigenvalue weighted by molar-refractivity contribution is -0.124. The molecule has 1 aliphatic rings. The summed E-state index contributed by atoms with van der Waals surface area (Å²) in [4.78, 5) is 32.8. The molecule has 2 aromatic carbocycles. The van der Waals surface area contributed by atoms with Gasteiger partial charge in [-0.15, -0.1) is 0 Å². The lowest BCUT2D eigenvalue weighted by Gasteiger charge is -2.28. The molecule has 1 fully saturated rings. The molecule has 3 aromatic rings. The average Bonchev–Trinajstić information content (AvgIpc) is 2.78. The number of nitrogens with one attached hydrogen (secondary N) is 1. The second kappa shape index (κ2) is 8.85. The first-order valence-electron chi connectivity index (χ1n) is 9.91. The van der Waals surface area contributed by atoms with Gasteiger partial charge in [-0.2, -0.15) is 0 Å². The minimum atomic E-state index is -0.697. The zero-order valence-electron chi connectivity index (χ0n) is 16.7. The van der Waals surface area contributed by atoms with Gasteiger partial charge in [0.05, 0.1) is 24.2 Å². The molecule has 8 heteroatoms. The average molecular weight is 427 g/mol. The van der Waals surface area contributed by atoms with Crippen LogP contribution in [0.4, 0.5) is 5.82 Å². The predicted molar refractivity (Wildman–Crippen MR) is 117 cm³/mol. The summed E-state index contributed by atoms with van der Waals surface area (Å²) in [5, 5.41) is 3.55. The molecular formula is C22H23ClN4O3. The molecule has 0 saturated carbocycles. The third-order valence-corrected chi connectivity index (χ3v) is 5.49. The van der Waals surface area contributed by atoms with Crippen LogP contribution >= 0.6 is 11.6 Å². The van der Waals surface area contributed by atoms with Crippen molar-refractivity contribution in [3.63, 3.8) is 0 Å². The van der Waals surface area contributed by atoms with E-state index < -0.39 is 6.04 Å². The Kier molecular flexibility index (Phi) is 6.01. The first-order chi connectivity index (χ1) is 14.5. The van der Waals surface area contributed by atoms with E-state index in [0.717, 1.165) is 5.56 Å². The number of carbonyl (C=O) groups is 1. The molecule has 1 aromatic heterocycles. The van der Waals surface area contributed by atoms with Gasteiger partial charge in [0.25, 0.3) is 5.56 Å². The van der Waals surface area contributed by atoms with Gasteiger partial charge in [0, 0.05) is 24.7 Å². The lowest BCUT2D eigenvalue weighted by atomic mass is 10.2. The normalized spacial score (nSPS) is 15.2. The first-order valence-corrected chi connectivity index (χ1v) is 10.3. The van der Waals surface area contributed by atoms with E-state index in [0.29, 0.717) is 54.7 Å². The quantitative estimate of drug-likeness (QED) is 0.678. The summed E-state index contributed by atoms with van der Waals surface area (Å²) in [5.41, 5.74) is 1.97. The number of rotatable bonds is 5. The van der Waals surface area contributed by atoms with Crippen molar-refractivity contribution in [3.05, 3.63) is 69.5 Å². The maximum absolute atomic E-state index is 13.4. The van der Waals surface area contributed by atoms with Crippen LogP contribution in [0.1, 0.15) is 18.5 Å². The van der Waals surface area contributed by atoms with E-state index >= 15 is 0 Å². The first kappa shape index (κ1) is 20.4. The molecule has 0 bridgehead atoms. The molecule has 30 heavy (non-hydrogen) atoms. The van der Waals surface area contributed by atoms with Crippen LogP contribution in [0, 0.1) is 0 Å². The highest BCUT2D eigenvalue weighted by Gasteiger charge is 2.24. The number of halogens is 1. The van der Waals surface area contributed by atoms with Crippen LogP contribution in [0.15, 0.2) is 53.3 Å². The van der Waals surface area contributed by atoms with Crippen LogP contribution in [0.2, 0.25) is 5.02 Å². The molecule has 1 amide bonds. The Morgan fingerprint density at radius 1 is 1.17 bits per heavy atom. The molecule has 0 spiro atoms. The van der Waals surface area contributed by atoms with Gasteiger partial charge in [-0.3, -0.25) is 14.2 Å². The van der Waals surface area contributed by atoms with Crippen LogP contribution in [-0.4, -0.2) is 41.8 Å². The maximum atomic E-state index is 13.4. The summed E-state index contributed by atoms with van der Waals surface area (Å²) in [7, 11) is 0. The summed E-state index contributed by atoms with van der Waals surface area (Å²) in [6.07, 6.45) is 0. The fraction of sp³-hybridized carbons (Fsp3) is 0.318. The highest BCUT2D eigenvalue weighted by atomic mass is 35.5. The van der Waals surface area contributed by atoms with Gasteiger partial charge < -0.3 is 15.0 Å². The van der Waals surface area contributed by atoms with Gasteiger partial charge in [-0.1, -0.05) is 35.9 Å². The van der Waals surface area contributed by atoms with E-state index in [9.17, 15) is 9.59 Å². The van der Waals surface area contributed by atoms with E-state index in [1.54, 1.807) is 19.1 Å². The maximum Gasteiger partial charge on any atom is 0.294 e. The van der Waals surface area contributed by atoms with Crippen molar-refractivity contribution in [1.82, 2.24) is 14.9 Å². The predicted octanol–water partition coefficient (Wildman–Crippen LogP) is 2.76. The van der Waals surface area contributed by atoms with E-state index in [4.69, 9.17) is 16.3 Å². The zero-order valence-corrected chi connectivity index (χ0v) is 17.4. The number of benzene rings is 2.